The smallest absolute Gasteiger partial charge is 0.273 e. The lowest BCUT2D eigenvalue weighted by Crippen LogP contribution is -2.40. The highest BCUT2D eigenvalue weighted by molar-refractivity contribution is 7.09. The second kappa shape index (κ2) is 8.01. The predicted octanol–water partition coefficient (Wildman–Crippen LogP) is 2.47. The van der Waals surface area contributed by atoms with Gasteiger partial charge in [-0.25, -0.2) is 9.37 Å². The van der Waals surface area contributed by atoms with Gasteiger partial charge in [-0.15, -0.1) is 11.3 Å². The highest BCUT2D eigenvalue weighted by Gasteiger charge is 2.18. The molecule has 0 atom stereocenters. The lowest BCUT2D eigenvalue weighted by Gasteiger charge is -2.16. The number of aromatic nitrogens is 1. The first-order valence-corrected chi connectivity index (χ1v) is 8.47. The van der Waals surface area contributed by atoms with E-state index < -0.39 is 0 Å². The molecule has 0 fully saturated rings. The highest BCUT2D eigenvalue weighted by atomic mass is 32.1. The lowest BCUT2D eigenvalue weighted by molar-refractivity contribution is -0.122. The number of nitrogens with zero attached hydrogens (tertiary/aromatic N) is 2. The van der Waals surface area contributed by atoms with Crippen molar-refractivity contribution in [3.05, 3.63) is 51.7 Å². The van der Waals surface area contributed by atoms with Crippen molar-refractivity contribution in [1.82, 2.24) is 15.2 Å². The molecular weight excluding hydrogens is 329 g/mol. The van der Waals surface area contributed by atoms with E-state index in [4.69, 9.17) is 0 Å². The van der Waals surface area contributed by atoms with Crippen LogP contribution >= 0.6 is 11.3 Å². The number of amides is 2. The summed E-state index contributed by atoms with van der Waals surface area (Å²) in [5.74, 6) is -0.837. The molecule has 0 aliphatic carbocycles. The Morgan fingerprint density at radius 1 is 1.33 bits per heavy atom. The van der Waals surface area contributed by atoms with Crippen molar-refractivity contribution < 1.29 is 14.0 Å². The van der Waals surface area contributed by atoms with Crippen LogP contribution in [0.15, 0.2) is 29.6 Å². The second-order valence-electron chi connectivity index (χ2n) is 5.78. The van der Waals surface area contributed by atoms with Crippen molar-refractivity contribution in [2.45, 2.75) is 26.3 Å². The van der Waals surface area contributed by atoms with Crippen molar-refractivity contribution in [3.8, 4) is 0 Å². The van der Waals surface area contributed by atoms with Crippen LogP contribution in [0.25, 0.3) is 0 Å². The Balaban J connectivity index is 2.00. The molecule has 1 heterocycles. The number of halogens is 1. The molecule has 0 spiro atoms. The summed E-state index contributed by atoms with van der Waals surface area (Å²) in [6.07, 6.45) is 0.335. The molecule has 0 bridgehead atoms. The van der Waals surface area contributed by atoms with Gasteiger partial charge in [-0.3, -0.25) is 9.59 Å². The molecule has 2 aromatic rings. The SMILES string of the molecule is CC(C)NC(=O)CN(C)C(=O)c1csc(Cc2ccccc2F)n1. The number of likely N-dealkylation sites (N-methyl/N-ethyl adjacent to an activating group) is 1. The van der Waals surface area contributed by atoms with Crippen LogP contribution in [0, 0.1) is 5.82 Å². The van der Waals surface area contributed by atoms with E-state index >= 15 is 0 Å². The summed E-state index contributed by atoms with van der Waals surface area (Å²) in [7, 11) is 1.55. The van der Waals surface area contributed by atoms with Crippen LogP contribution in [0.5, 0.6) is 0 Å². The molecule has 2 rings (SSSR count). The van der Waals surface area contributed by atoms with Gasteiger partial charge in [-0.2, -0.15) is 0 Å². The zero-order chi connectivity index (χ0) is 17.7. The van der Waals surface area contributed by atoms with Crippen LogP contribution in [0.1, 0.15) is 34.9 Å². The van der Waals surface area contributed by atoms with E-state index in [2.05, 4.69) is 10.3 Å². The average molecular weight is 349 g/mol. The summed E-state index contributed by atoms with van der Waals surface area (Å²) in [6, 6.07) is 6.51. The maximum Gasteiger partial charge on any atom is 0.273 e. The van der Waals surface area contributed by atoms with Crippen LogP contribution in [0.3, 0.4) is 0 Å². The third kappa shape index (κ3) is 4.86. The molecule has 2 amide bonds. The fraction of sp³-hybridized carbons (Fsp3) is 0.353. The maximum absolute atomic E-state index is 13.7. The third-order valence-corrected chi connectivity index (χ3v) is 4.10. The van der Waals surface area contributed by atoms with Crippen molar-refractivity contribution >= 4 is 23.2 Å². The minimum atomic E-state index is -0.329. The molecule has 1 aromatic carbocycles. The van der Waals surface area contributed by atoms with Gasteiger partial charge in [0, 0.05) is 24.9 Å². The fourth-order valence-electron chi connectivity index (χ4n) is 2.15. The summed E-state index contributed by atoms with van der Waals surface area (Å²) in [4.78, 5) is 29.6. The molecule has 0 aliphatic rings. The van der Waals surface area contributed by atoms with Crippen LogP contribution in [0.4, 0.5) is 4.39 Å². The van der Waals surface area contributed by atoms with Crippen LogP contribution < -0.4 is 5.32 Å². The first-order valence-electron chi connectivity index (χ1n) is 7.59. The van der Waals surface area contributed by atoms with Gasteiger partial charge in [0.25, 0.3) is 5.91 Å². The molecule has 0 saturated heterocycles. The first kappa shape index (κ1) is 18.1. The molecule has 128 valence electrons. The molecule has 7 heteroatoms. The van der Waals surface area contributed by atoms with E-state index in [1.165, 1.54) is 22.3 Å². The molecule has 0 radical (unpaired) electrons. The molecule has 0 unspecified atom stereocenters. The summed E-state index contributed by atoms with van der Waals surface area (Å²) in [5, 5.41) is 5.02. The maximum atomic E-state index is 13.7. The van der Waals surface area contributed by atoms with Crippen LogP contribution in [-0.2, 0) is 11.2 Å². The molecular formula is C17H20FN3O2S. The monoisotopic (exact) mass is 349 g/mol. The average Bonchev–Trinajstić information content (AvgIpc) is 2.96. The van der Waals surface area contributed by atoms with Crippen molar-refractivity contribution in [3.63, 3.8) is 0 Å². The molecule has 1 N–H and O–H groups in total. The summed E-state index contributed by atoms with van der Waals surface area (Å²) in [6.45, 7) is 3.68. The number of rotatable bonds is 6. The fourth-order valence-corrected chi connectivity index (χ4v) is 2.94. The largest absolute Gasteiger partial charge is 0.352 e. The van der Waals surface area contributed by atoms with Gasteiger partial charge in [0.2, 0.25) is 5.91 Å². The molecule has 24 heavy (non-hydrogen) atoms. The van der Waals surface area contributed by atoms with Gasteiger partial charge >= 0.3 is 0 Å². The van der Waals surface area contributed by atoms with E-state index in [0.717, 1.165) is 0 Å². The van der Waals surface area contributed by atoms with Gasteiger partial charge < -0.3 is 10.2 Å². The number of hydrogen-bond donors (Lipinski definition) is 1. The first-order chi connectivity index (χ1) is 11.4. The van der Waals surface area contributed by atoms with E-state index in [-0.39, 0.29) is 35.9 Å². The van der Waals surface area contributed by atoms with Gasteiger partial charge in [-0.05, 0) is 25.5 Å². The summed E-state index contributed by atoms with van der Waals surface area (Å²) < 4.78 is 13.7. The van der Waals surface area contributed by atoms with E-state index in [1.54, 1.807) is 30.6 Å². The number of thiazole rings is 1. The van der Waals surface area contributed by atoms with Gasteiger partial charge in [0.05, 0.1) is 11.6 Å². The summed E-state index contributed by atoms with van der Waals surface area (Å²) >= 11 is 1.30. The number of nitrogens with one attached hydrogen (secondary N) is 1. The molecule has 5 nitrogen and oxygen atoms in total. The number of hydrogen-bond acceptors (Lipinski definition) is 4. The second-order valence-corrected chi connectivity index (χ2v) is 6.72. The normalized spacial score (nSPS) is 10.7. The topological polar surface area (TPSA) is 62.3 Å². The van der Waals surface area contributed by atoms with Crippen LogP contribution in [0.2, 0.25) is 0 Å². The van der Waals surface area contributed by atoms with Crippen molar-refractivity contribution in [2.75, 3.05) is 13.6 Å². The molecule has 1 aromatic heterocycles. The Hall–Kier alpha value is -2.28. The number of benzene rings is 1. The van der Waals surface area contributed by atoms with Gasteiger partial charge in [0.15, 0.2) is 0 Å². The quantitative estimate of drug-likeness (QED) is 0.871. The summed E-state index contributed by atoms with van der Waals surface area (Å²) in [5.41, 5.74) is 0.807. The Labute approximate surface area is 144 Å². The van der Waals surface area contributed by atoms with Gasteiger partial charge in [0.1, 0.15) is 11.5 Å². The van der Waals surface area contributed by atoms with Gasteiger partial charge in [-0.1, -0.05) is 18.2 Å². The Morgan fingerprint density at radius 3 is 2.71 bits per heavy atom. The predicted molar refractivity (Wildman–Crippen MR) is 91.6 cm³/mol. The van der Waals surface area contributed by atoms with E-state index in [0.29, 0.717) is 17.0 Å². The zero-order valence-electron chi connectivity index (χ0n) is 13.9. The minimum Gasteiger partial charge on any atom is -0.352 e. The molecule has 0 aliphatic heterocycles. The van der Waals surface area contributed by atoms with Crippen LogP contribution in [-0.4, -0.2) is 41.3 Å². The van der Waals surface area contributed by atoms with E-state index in [9.17, 15) is 14.0 Å². The van der Waals surface area contributed by atoms with E-state index in [1.807, 2.05) is 13.8 Å². The number of carbonyl (C=O) groups excluding carboxylic acids is 2. The Kier molecular flexibility index (Phi) is 6.03. The van der Waals surface area contributed by atoms with Crippen molar-refractivity contribution in [2.24, 2.45) is 0 Å². The number of carbonyl (C=O) groups is 2. The highest BCUT2D eigenvalue weighted by Crippen LogP contribution is 2.17. The zero-order valence-corrected chi connectivity index (χ0v) is 14.7. The third-order valence-electron chi connectivity index (χ3n) is 3.25. The lowest BCUT2D eigenvalue weighted by atomic mass is 10.1. The molecule has 0 saturated carbocycles. The van der Waals surface area contributed by atoms with Crippen molar-refractivity contribution in [1.29, 1.82) is 0 Å². The Morgan fingerprint density at radius 2 is 2.04 bits per heavy atom. The Bertz CT molecular complexity index is 730. The standard InChI is InChI=1S/C17H20FN3O2S/c1-11(2)19-15(22)9-21(3)17(23)14-10-24-16(20-14)8-12-6-4-5-7-13(12)18/h4-7,10-11H,8-9H2,1-3H3,(H,19,22). The minimum absolute atomic E-state index is 0.0210.